The van der Waals surface area contributed by atoms with Gasteiger partial charge in [-0.2, -0.15) is 0 Å². The second kappa shape index (κ2) is 5.83. The minimum atomic E-state index is 0.486. The molecule has 0 atom stereocenters. The Morgan fingerprint density at radius 2 is 2.05 bits per heavy atom. The smallest absolute Gasteiger partial charge is 0.120 e. The lowest BCUT2D eigenvalue weighted by molar-refractivity contribution is 0.256. The lowest BCUT2D eigenvalue weighted by Crippen LogP contribution is -2.25. The zero-order valence-electron chi connectivity index (χ0n) is 12.4. The third kappa shape index (κ3) is 3.87. The largest absolute Gasteiger partial charge is 0.497 e. The van der Waals surface area contributed by atoms with Crippen molar-refractivity contribution < 1.29 is 4.74 Å². The van der Waals surface area contributed by atoms with Crippen molar-refractivity contribution in [2.75, 3.05) is 25.9 Å². The fraction of sp³-hybridized carbons (Fsp3) is 0.625. The van der Waals surface area contributed by atoms with Crippen molar-refractivity contribution in [1.82, 2.24) is 4.90 Å². The summed E-state index contributed by atoms with van der Waals surface area (Å²) in [5.74, 6) is 0.832. The van der Waals surface area contributed by atoms with Crippen molar-refractivity contribution in [2.24, 2.45) is 5.41 Å². The lowest BCUT2D eigenvalue weighted by Gasteiger charge is -2.23. The zero-order chi connectivity index (χ0) is 13.9. The molecule has 1 saturated heterocycles. The molecule has 19 heavy (non-hydrogen) atoms. The van der Waals surface area contributed by atoms with Crippen LogP contribution >= 0.6 is 0 Å². The van der Waals surface area contributed by atoms with Crippen molar-refractivity contribution in [3.05, 3.63) is 23.8 Å². The minimum Gasteiger partial charge on any atom is -0.497 e. The fourth-order valence-electron chi connectivity index (χ4n) is 2.72. The number of hydrogen-bond donors (Lipinski definition) is 1. The van der Waals surface area contributed by atoms with E-state index in [1.54, 1.807) is 7.11 Å². The Hall–Kier alpha value is -1.22. The number of nitrogens with two attached hydrogens (primary N) is 1. The summed E-state index contributed by atoms with van der Waals surface area (Å²) in [6, 6.07) is 5.99. The molecule has 0 bridgehead atoms. The van der Waals surface area contributed by atoms with E-state index in [4.69, 9.17) is 10.5 Å². The van der Waals surface area contributed by atoms with Crippen molar-refractivity contribution in [1.29, 1.82) is 0 Å². The van der Waals surface area contributed by atoms with Crippen LogP contribution in [0.25, 0.3) is 0 Å². The van der Waals surface area contributed by atoms with Crippen LogP contribution in [0.15, 0.2) is 18.2 Å². The van der Waals surface area contributed by atoms with Gasteiger partial charge in [-0.15, -0.1) is 0 Å². The average Bonchev–Trinajstić information content (AvgIpc) is 2.53. The average molecular weight is 262 g/mol. The number of nitrogen functional groups attached to an aromatic ring is 1. The highest BCUT2D eigenvalue weighted by atomic mass is 16.5. The number of likely N-dealkylation sites (tertiary alicyclic amines) is 1. The number of nitrogens with zero attached hydrogens (tertiary/aromatic N) is 1. The minimum absolute atomic E-state index is 0.486. The first-order chi connectivity index (χ1) is 9.00. The maximum Gasteiger partial charge on any atom is 0.120 e. The summed E-state index contributed by atoms with van der Waals surface area (Å²) in [7, 11) is 1.67. The van der Waals surface area contributed by atoms with E-state index in [9.17, 15) is 0 Å². The van der Waals surface area contributed by atoms with E-state index in [0.29, 0.717) is 5.41 Å². The molecule has 0 unspecified atom stereocenters. The molecule has 0 radical (unpaired) electrons. The SMILES string of the molecule is COc1ccc(CN2CCCC(C)(C)CC2)c(N)c1. The summed E-state index contributed by atoms with van der Waals surface area (Å²) in [5, 5.41) is 0. The van der Waals surface area contributed by atoms with Crippen LogP contribution in [0.5, 0.6) is 5.75 Å². The molecule has 3 heteroatoms. The molecule has 1 aliphatic rings. The van der Waals surface area contributed by atoms with Gasteiger partial charge < -0.3 is 10.5 Å². The summed E-state index contributed by atoms with van der Waals surface area (Å²) in [6.45, 7) is 8.04. The molecule has 1 heterocycles. The first-order valence-electron chi connectivity index (χ1n) is 7.15. The number of ether oxygens (including phenoxy) is 1. The van der Waals surface area contributed by atoms with Gasteiger partial charge in [0.1, 0.15) is 5.75 Å². The lowest BCUT2D eigenvalue weighted by atomic mass is 9.85. The molecule has 0 spiro atoms. The second-order valence-electron chi connectivity index (χ2n) is 6.36. The predicted octanol–water partition coefficient (Wildman–Crippen LogP) is 3.29. The molecule has 1 fully saturated rings. The van der Waals surface area contributed by atoms with Crippen LogP contribution in [0.1, 0.15) is 38.7 Å². The Morgan fingerprint density at radius 3 is 2.74 bits per heavy atom. The molecule has 1 aromatic carbocycles. The number of anilines is 1. The number of hydrogen-bond acceptors (Lipinski definition) is 3. The van der Waals surface area contributed by atoms with E-state index in [1.165, 1.54) is 37.9 Å². The third-order valence-corrected chi connectivity index (χ3v) is 4.18. The van der Waals surface area contributed by atoms with Crippen LogP contribution < -0.4 is 10.5 Å². The fourth-order valence-corrected chi connectivity index (χ4v) is 2.72. The summed E-state index contributed by atoms with van der Waals surface area (Å²) in [4.78, 5) is 2.52. The van der Waals surface area contributed by atoms with Gasteiger partial charge in [-0.3, -0.25) is 4.90 Å². The molecular formula is C16H26N2O. The van der Waals surface area contributed by atoms with E-state index < -0.39 is 0 Å². The highest BCUT2D eigenvalue weighted by Crippen LogP contribution is 2.30. The summed E-state index contributed by atoms with van der Waals surface area (Å²) in [5.41, 5.74) is 8.63. The standard InChI is InChI=1S/C16H26N2O/c1-16(2)7-4-9-18(10-8-16)12-13-5-6-14(19-3)11-15(13)17/h5-6,11H,4,7-10,12,17H2,1-3H3. The van der Waals surface area contributed by atoms with Gasteiger partial charge in [0.15, 0.2) is 0 Å². The number of methoxy groups -OCH3 is 1. The van der Waals surface area contributed by atoms with Gasteiger partial charge in [-0.1, -0.05) is 19.9 Å². The normalized spacial score (nSPS) is 19.9. The van der Waals surface area contributed by atoms with E-state index in [2.05, 4.69) is 24.8 Å². The Balaban J connectivity index is 2.01. The highest BCUT2D eigenvalue weighted by molar-refractivity contribution is 5.51. The quantitative estimate of drug-likeness (QED) is 0.850. The molecule has 0 amide bonds. The second-order valence-corrected chi connectivity index (χ2v) is 6.36. The van der Waals surface area contributed by atoms with Gasteiger partial charge in [0.25, 0.3) is 0 Å². The third-order valence-electron chi connectivity index (χ3n) is 4.18. The van der Waals surface area contributed by atoms with Crippen molar-refractivity contribution in [3.8, 4) is 5.75 Å². The maximum absolute atomic E-state index is 6.10. The van der Waals surface area contributed by atoms with Crippen LogP contribution in [0.4, 0.5) is 5.69 Å². The van der Waals surface area contributed by atoms with Gasteiger partial charge in [0, 0.05) is 18.3 Å². The zero-order valence-corrected chi connectivity index (χ0v) is 12.4. The Labute approximate surface area is 116 Å². The predicted molar refractivity (Wildman–Crippen MR) is 80.3 cm³/mol. The van der Waals surface area contributed by atoms with Gasteiger partial charge in [-0.25, -0.2) is 0 Å². The summed E-state index contributed by atoms with van der Waals surface area (Å²) in [6.07, 6.45) is 3.87. The maximum atomic E-state index is 6.10. The van der Waals surface area contributed by atoms with Crippen LogP contribution in [-0.2, 0) is 6.54 Å². The van der Waals surface area contributed by atoms with Crippen LogP contribution in [0, 0.1) is 5.41 Å². The molecule has 2 N–H and O–H groups in total. The Morgan fingerprint density at radius 1 is 1.26 bits per heavy atom. The highest BCUT2D eigenvalue weighted by Gasteiger charge is 2.23. The number of benzene rings is 1. The monoisotopic (exact) mass is 262 g/mol. The van der Waals surface area contributed by atoms with Gasteiger partial charge >= 0.3 is 0 Å². The molecule has 0 aromatic heterocycles. The molecule has 1 aliphatic heterocycles. The van der Waals surface area contributed by atoms with Crippen molar-refractivity contribution >= 4 is 5.69 Å². The molecule has 3 nitrogen and oxygen atoms in total. The Bertz CT molecular complexity index is 429. The van der Waals surface area contributed by atoms with Gasteiger partial charge in [-0.05, 0) is 49.4 Å². The van der Waals surface area contributed by atoms with Crippen molar-refractivity contribution in [2.45, 2.75) is 39.7 Å². The summed E-state index contributed by atoms with van der Waals surface area (Å²) >= 11 is 0. The van der Waals surface area contributed by atoms with Crippen LogP contribution in [0.2, 0.25) is 0 Å². The molecule has 0 aliphatic carbocycles. The molecular weight excluding hydrogens is 236 g/mol. The number of rotatable bonds is 3. The van der Waals surface area contributed by atoms with Crippen LogP contribution in [-0.4, -0.2) is 25.1 Å². The molecule has 0 saturated carbocycles. The topological polar surface area (TPSA) is 38.5 Å². The van der Waals surface area contributed by atoms with E-state index in [0.717, 1.165) is 18.0 Å². The molecule has 106 valence electrons. The first kappa shape index (κ1) is 14.2. The Kier molecular flexibility index (Phi) is 4.35. The van der Waals surface area contributed by atoms with E-state index in [1.807, 2.05) is 12.1 Å². The van der Waals surface area contributed by atoms with Gasteiger partial charge in [0.2, 0.25) is 0 Å². The van der Waals surface area contributed by atoms with E-state index >= 15 is 0 Å². The molecule has 2 rings (SSSR count). The van der Waals surface area contributed by atoms with Crippen LogP contribution in [0.3, 0.4) is 0 Å². The first-order valence-corrected chi connectivity index (χ1v) is 7.15. The summed E-state index contributed by atoms with van der Waals surface area (Å²) < 4.78 is 5.19. The van der Waals surface area contributed by atoms with Crippen molar-refractivity contribution in [3.63, 3.8) is 0 Å². The molecule has 1 aromatic rings. The van der Waals surface area contributed by atoms with E-state index in [-0.39, 0.29) is 0 Å². The van der Waals surface area contributed by atoms with Gasteiger partial charge in [0.05, 0.1) is 7.11 Å².